The van der Waals surface area contributed by atoms with Gasteiger partial charge in [0.25, 0.3) is 0 Å². The lowest BCUT2D eigenvalue weighted by Gasteiger charge is -1.99. The van der Waals surface area contributed by atoms with E-state index in [9.17, 15) is 4.79 Å². The molecular weight excluding hydrogens is 220 g/mol. The van der Waals surface area contributed by atoms with Crippen molar-refractivity contribution in [2.75, 3.05) is 0 Å². The summed E-state index contributed by atoms with van der Waals surface area (Å²) in [5.74, 6) is 0.0677. The van der Waals surface area contributed by atoms with E-state index < -0.39 is 5.97 Å². The van der Waals surface area contributed by atoms with E-state index in [1.807, 2.05) is 12.3 Å². The van der Waals surface area contributed by atoms with Crippen LogP contribution in [0.5, 0.6) is 0 Å². The second kappa shape index (κ2) is 3.76. The smallest absolute Gasteiger partial charge is 0.339 e. The third-order valence-corrected chi connectivity index (χ3v) is 2.94. The highest BCUT2D eigenvalue weighted by molar-refractivity contribution is 5.88. The maximum atomic E-state index is 10.9. The highest BCUT2D eigenvalue weighted by atomic mass is 16.4. The molecule has 2 aromatic heterocycles. The van der Waals surface area contributed by atoms with Crippen LogP contribution in [0, 0.1) is 0 Å². The maximum absolute atomic E-state index is 10.9. The molecular formula is C12H12N2O3. The molecule has 2 aromatic rings. The Kier molecular flexibility index (Phi) is 2.24. The molecule has 1 N–H and O–H groups in total. The van der Waals surface area contributed by atoms with Crippen molar-refractivity contribution in [3.8, 4) is 0 Å². The van der Waals surface area contributed by atoms with E-state index in [0.717, 1.165) is 5.69 Å². The standard InChI is InChI=1S/C12H12N2O3/c15-12(16)9-4-6-17-11(9)7-14-5-3-10(13-14)8-1-2-8/h3-6,8H,1-2,7H2,(H,15,16). The molecule has 3 rings (SSSR count). The Labute approximate surface area is 97.7 Å². The van der Waals surface area contributed by atoms with E-state index in [4.69, 9.17) is 9.52 Å². The largest absolute Gasteiger partial charge is 0.478 e. The van der Waals surface area contributed by atoms with Crippen molar-refractivity contribution >= 4 is 5.97 Å². The van der Waals surface area contributed by atoms with Crippen molar-refractivity contribution in [3.63, 3.8) is 0 Å². The summed E-state index contributed by atoms with van der Waals surface area (Å²) in [6.45, 7) is 0.362. The number of rotatable bonds is 4. The Hall–Kier alpha value is -2.04. The van der Waals surface area contributed by atoms with Gasteiger partial charge in [0.15, 0.2) is 0 Å². The molecule has 0 spiro atoms. The lowest BCUT2D eigenvalue weighted by Crippen LogP contribution is -2.05. The van der Waals surface area contributed by atoms with Gasteiger partial charge in [-0.1, -0.05) is 0 Å². The predicted molar refractivity (Wildman–Crippen MR) is 59.0 cm³/mol. The first-order valence-corrected chi connectivity index (χ1v) is 5.57. The molecule has 1 aliphatic carbocycles. The molecule has 17 heavy (non-hydrogen) atoms. The fourth-order valence-corrected chi connectivity index (χ4v) is 1.86. The van der Waals surface area contributed by atoms with Gasteiger partial charge in [-0.15, -0.1) is 0 Å². The van der Waals surface area contributed by atoms with Crippen molar-refractivity contribution < 1.29 is 14.3 Å². The normalized spacial score (nSPS) is 15.1. The highest BCUT2D eigenvalue weighted by Gasteiger charge is 2.26. The van der Waals surface area contributed by atoms with Crippen LogP contribution in [0.1, 0.15) is 40.6 Å². The number of furan rings is 1. The van der Waals surface area contributed by atoms with Crippen LogP contribution in [0.2, 0.25) is 0 Å². The van der Waals surface area contributed by atoms with E-state index in [-0.39, 0.29) is 5.56 Å². The summed E-state index contributed by atoms with van der Waals surface area (Å²) in [6, 6.07) is 3.45. The lowest BCUT2D eigenvalue weighted by atomic mass is 10.2. The first kappa shape index (κ1) is 10.1. The zero-order valence-electron chi connectivity index (χ0n) is 9.17. The van der Waals surface area contributed by atoms with Gasteiger partial charge in [0.05, 0.1) is 18.5 Å². The van der Waals surface area contributed by atoms with Crippen molar-refractivity contribution in [2.24, 2.45) is 0 Å². The minimum absolute atomic E-state index is 0.202. The van der Waals surface area contributed by atoms with Crippen LogP contribution in [-0.2, 0) is 6.54 Å². The van der Waals surface area contributed by atoms with Gasteiger partial charge >= 0.3 is 5.97 Å². The number of aromatic nitrogens is 2. The summed E-state index contributed by atoms with van der Waals surface area (Å²) in [5, 5.41) is 13.4. The molecule has 0 unspecified atom stereocenters. The van der Waals surface area contributed by atoms with Crippen LogP contribution in [0.25, 0.3) is 0 Å². The number of carboxylic acid groups (broad SMARTS) is 1. The van der Waals surface area contributed by atoms with Gasteiger partial charge in [-0.2, -0.15) is 5.10 Å². The van der Waals surface area contributed by atoms with E-state index in [2.05, 4.69) is 5.10 Å². The Balaban J connectivity index is 1.80. The van der Waals surface area contributed by atoms with Crippen LogP contribution in [-0.4, -0.2) is 20.9 Å². The highest BCUT2D eigenvalue weighted by Crippen LogP contribution is 2.38. The molecule has 5 nitrogen and oxygen atoms in total. The van der Waals surface area contributed by atoms with Gasteiger partial charge in [-0.3, -0.25) is 4.68 Å². The zero-order valence-corrected chi connectivity index (χ0v) is 9.17. The number of hydrogen-bond acceptors (Lipinski definition) is 3. The van der Waals surface area contributed by atoms with Gasteiger partial charge in [0.1, 0.15) is 11.3 Å². The summed E-state index contributed by atoms with van der Waals surface area (Å²) in [5.41, 5.74) is 1.29. The molecule has 5 heteroatoms. The SMILES string of the molecule is O=C(O)c1ccoc1Cn1ccc(C2CC2)n1. The molecule has 0 radical (unpaired) electrons. The molecule has 0 aromatic carbocycles. The van der Waals surface area contributed by atoms with Crippen LogP contribution in [0.4, 0.5) is 0 Å². The second-order valence-electron chi connectivity index (χ2n) is 4.28. The van der Waals surface area contributed by atoms with Crippen LogP contribution in [0.3, 0.4) is 0 Å². The first-order chi connectivity index (χ1) is 8.24. The number of carboxylic acids is 1. The Morgan fingerprint density at radius 1 is 1.53 bits per heavy atom. The molecule has 0 amide bonds. The molecule has 0 bridgehead atoms. The third-order valence-electron chi connectivity index (χ3n) is 2.94. The summed E-state index contributed by atoms with van der Waals surface area (Å²) >= 11 is 0. The second-order valence-corrected chi connectivity index (χ2v) is 4.28. The van der Waals surface area contributed by atoms with Gasteiger partial charge in [0.2, 0.25) is 0 Å². The van der Waals surface area contributed by atoms with Crippen LogP contribution in [0.15, 0.2) is 29.0 Å². The Bertz CT molecular complexity index is 552. The Morgan fingerprint density at radius 2 is 2.35 bits per heavy atom. The minimum atomic E-state index is -0.969. The Morgan fingerprint density at radius 3 is 3.06 bits per heavy atom. The zero-order chi connectivity index (χ0) is 11.8. The average Bonchev–Trinajstić information content (AvgIpc) is 2.87. The lowest BCUT2D eigenvalue weighted by molar-refractivity contribution is 0.0694. The van der Waals surface area contributed by atoms with Crippen LogP contribution >= 0.6 is 0 Å². The fraction of sp³-hybridized carbons (Fsp3) is 0.333. The van der Waals surface area contributed by atoms with Crippen molar-refractivity contribution in [1.82, 2.24) is 9.78 Å². The molecule has 0 saturated heterocycles. The topological polar surface area (TPSA) is 68.3 Å². The monoisotopic (exact) mass is 232 g/mol. The maximum Gasteiger partial charge on any atom is 0.339 e. The van der Waals surface area contributed by atoms with Crippen molar-refractivity contribution in [1.29, 1.82) is 0 Å². The molecule has 88 valence electrons. The summed E-state index contributed by atoms with van der Waals surface area (Å²) in [6.07, 6.45) is 5.67. The molecule has 0 atom stereocenters. The summed E-state index contributed by atoms with van der Waals surface area (Å²) in [7, 11) is 0. The molecule has 2 heterocycles. The van der Waals surface area contributed by atoms with Crippen molar-refractivity contribution in [3.05, 3.63) is 41.6 Å². The molecule has 1 fully saturated rings. The van der Waals surface area contributed by atoms with E-state index in [1.54, 1.807) is 4.68 Å². The van der Waals surface area contributed by atoms with E-state index >= 15 is 0 Å². The molecule has 0 aliphatic heterocycles. The first-order valence-electron chi connectivity index (χ1n) is 5.57. The number of nitrogens with zero attached hydrogens (tertiary/aromatic N) is 2. The quantitative estimate of drug-likeness (QED) is 0.876. The average molecular weight is 232 g/mol. The summed E-state index contributed by atoms with van der Waals surface area (Å²) in [4.78, 5) is 10.9. The molecule has 1 aliphatic rings. The van der Waals surface area contributed by atoms with Crippen molar-refractivity contribution in [2.45, 2.75) is 25.3 Å². The van der Waals surface area contributed by atoms with Gasteiger partial charge < -0.3 is 9.52 Å². The predicted octanol–water partition coefficient (Wildman–Crippen LogP) is 2.10. The van der Waals surface area contributed by atoms with Gasteiger partial charge in [-0.05, 0) is 25.0 Å². The fourth-order valence-electron chi connectivity index (χ4n) is 1.86. The number of carbonyl (C=O) groups is 1. The van der Waals surface area contributed by atoms with Gasteiger partial charge in [-0.25, -0.2) is 4.79 Å². The summed E-state index contributed by atoms with van der Waals surface area (Å²) < 4.78 is 6.89. The molecule has 1 saturated carbocycles. The number of aromatic carboxylic acids is 1. The van der Waals surface area contributed by atoms with E-state index in [0.29, 0.717) is 18.2 Å². The van der Waals surface area contributed by atoms with E-state index in [1.165, 1.54) is 25.2 Å². The third kappa shape index (κ3) is 1.95. The van der Waals surface area contributed by atoms with Crippen LogP contribution < -0.4 is 0 Å². The minimum Gasteiger partial charge on any atom is -0.478 e. The number of hydrogen-bond donors (Lipinski definition) is 1. The van der Waals surface area contributed by atoms with Gasteiger partial charge in [0, 0.05) is 12.1 Å².